The SMILES string of the molecule is Cc1oc2ccccc2c1/C=C\N. The number of benzene rings is 1. The number of hydrogen-bond acceptors (Lipinski definition) is 2. The summed E-state index contributed by atoms with van der Waals surface area (Å²) in [6.45, 7) is 1.94. The molecule has 13 heavy (non-hydrogen) atoms. The van der Waals surface area contributed by atoms with Crippen molar-refractivity contribution in [1.82, 2.24) is 0 Å². The van der Waals surface area contributed by atoms with Gasteiger partial charge in [-0.2, -0.15) is 0 Å². The van der Waals surface area contributed by atoms with Crippen molar-refractivity contribution in [2.24, 2.45) is 5.73 Å². The molecule has 2 nitrogen and oxygen atoms in total. The predicted octanol–water partition coefficient (Wildman–Crippen LogP) is 2.67. The predicted molar refractivity (Wildman–Crippen MR) is 54.2 cm³/mol. The van der Waals surface area contributed by atoms with Crippen LogP contribution in [0.4, 0.5) is 0 Å². The van der Waals surface area contributed by atoms with Gasteiger partial charge < -0.3 is 10.2 Å². The molecule has 1 aromatic heterocycles. The Balaban J connectivity index is 2.78. The smallest absolute Gasteiger partial charge is 0.134 e. The van der Waals surface area contributed by atoms with Gasteiger partial charge >= 0.3 is 0 Å². The second-order valence-corrected chi connectivity index (χ2v) is 2.93. The molecule has 2 N–H and O–H groups in total. The Kier molecular flexibility index (Phi) is 1.81. The van der Waals surface area contributed by atoms with Gasteiger partial charge in [-0.1, -0.05) is 18.2 Å². The van der Waals surface area contributed by atoms with Crippen LogP contribution in [0.5, 0.6) is 0 Å². The van der Waals surface area contributed by atoms with Crippen molar-refractivity contribution in [2.75, 3.05) is 0 Å². The van der Waals surface area contributed by atoms with Gasteiger partial charge in [-0.15, -0.1) is 0 Å². The van der Waals surface area contributed by atoms with Crippen LogP contribution < -0.4 is 5.73 Å². The van der Waals surface area contributed by atoms with Gasteiger partial charge in [-0.3, -0.25) is 0 Å². The molecule has 1 aromatic carbocycles. The second-order valence-electron chi connectivity index (χ2n) is 2.93. The van der Waals surface area contributed by atoms with Gasteiger partial charge in [0.2, 0.25) is 0 Å². The molecule has 0 aliphatic heterocycles. The molecule has 0 amide bonds. The summed E-state index contributed by atoms with van der Waals surface area (Å²) in [7, 11) is 0. The lowest BCUT2D eigenvalue weighted by Crippen LogP contribution is -1.78. The lowest BCUT2D eigenvalue weighted by Gasteiger charge is -1.88. The first kappa shape index (κ1) is 7.92. The number of rotatable bonds is 1. The van der Waals surface area contributed by atoms with E-state index in [0.717, 1.165) is 22.3 Å². The van der Waals surface area contributed by atoms with Crippen molar-refractivity contribution in [2.45, 2.75) is 6.92 Å². The van der Waals surface area contributed by atoms with Crippen LogP contribution in [0.2, 0.25) is 0 Å². The summed E-state index contributed by atoms with van der Waals surface area (Å²) in [5.41, 5.74) is 7.34. The zero-order valence-corrected chi connectivity index (χ0v) is 7.45. The summed E-state index contributed by atoms with van der Waals surface area (Å²) >= 11 is 0. The molecule has 0 atom stereocenters. The van der Waals surface area contributed by atoms with Crippen LogP contribution in [0, 0.1) is 6.92 Å². The van der Waals surface area contributed by atoms with Crippen molar-refractivity contribution in [3.63, 3.8) is 0 Å². The molecule has 2 heteroatoms. The van der Waals surface area contributed by atoms with E-state index in [1.165, 1.54) is 6.20 Å². The van der Waals surface area contributed by atoms with Crippen molar-refractivity contribution in [1.29, 1.82) is 0 Å². The molecule has 0 bridgehead atoms. The van der Waals surface area contributed by atoms with E-state index in [2.05, 4.69) is 0 Å². The Morgan fingerprint density at radius 2 is 2.08 bits per heavy atom. The summed E-state index contributed by atoms with van der Waals surface area (Å²) in [5.74, 6) is 0.905. The van der Waals surface area contributed by atoms with E-state index in [1.54, 1.807) is 0 Å². The van der Waals surface area contributed by atoms with E-state index in [0.29, 0.717) is 0 Å². The van der Waals surface area contributed by atoms with Crippen LogP contribution in [0.25, 0.3) is 17.0 Å². The topological polar surface area (TPSA) is 39.2 Å². The minimum absolute atomic E-state index is 0.905. The molecule has 0 unspecified atom stereocenters. The number of fused-ring (bicyclic) bond motifs is 1. The second kappa shape index (κ2) is 2.98. The zero-order chi connectivity index (χ0) is 9.26. The summed E-state index contributed by atoms with van der Waals surface area (Å²) in [5, 5.41) is 1.11. The number of para-hydroxylation sites is 1. The van der Waals surface area contributed by atoms with Crippen molar-refractivity contribution >= 4 is 17.0 Å². The molecule has 66 valence electrons. The third kappa shape index (κ3) is 1.20. The first-order valence-corrected chi connectivity index (χ1v) is 4.19. The van der Waals surface area contributed by atoms with Gasteiger partial charge in [0.15, 0.2) is 0 Å². The lowest BCUT2D eigenvalue weighted by molar-refractivity contribution is 0.577. The summed E-state index contributed by atoms with van der Waals surface area (Å²) in [4.78, 5) is 0. The van der Waals surface area contributed by atoms with Crippen LogP contribution in [-0.4, -0.2) is 0 Å². The van der Waals surface area contributed by atoms with Crippen LogP contribution in [0.15, 0.2) is 34.9 Å². The fourth-order valence-corrected chi connectivity index (χ4v) is 1.49. The highest BCUT2D eigenvalue weighted by Crippen LogP contribution is 2.25. The number of nitrogens with two attached hydrogens (primary N) is 1. The van der Waals surface area contributed by atoms with E-state index in [9.17, 15) is 0 Å². The van der Waals surface area contributed by atoms with E-state index in [4.69, 9.17) is 10.2 Å². The molecule has 0 saturated heterocycles. The lowest BCUT2D eigenvalue weighted by atomic mass is 10.1. The van der Waals surface area contributed by atoms with E-state index < -0.39 is 0 Å². The number of hydrogen-bond donors (Lipinski definition) is 1. The standard InChI is InChI=1S/C11H11NO/c1-8-9(6-7-12)10-4-2-3-5-11(10)13-8/h2-7H,12H2,1H3/b7-6-. The molecule has 2 rings (SSSR count). The normalized spacial score (nSPS) is 11.5. The Morgan fingerprint density at radius 1 is 1.31 bits per heavy atom. The van der Waals surface area contributed by atoms with E-state index in [-0.39, 0.29) is 0 Å². The first-order chi connectivity index (χ1) is 6.33. The Bertz CT molecular complexity index is 454. The third-order valence-corrected chi connectivity index (χ3v) is 2.08. The molecule has 0 saturated carbocycles. The maximum absolute atomic E-state index is 5.54. The fourth-order valence-electron chi connectivity index (χ4n) is 1.49. The third-order valence-electron chi connectivity index (χ3n) is 2.08. The van der Waals surface area contributed by atoms with Crippen molar-refractivity contribution < 1.29 is 4.42 Å². The minimum Gasteiger partial charge on any atom is -0.461 e. The molecular weight excluding hydrogens is 162 g/mol. The Hall–Kier alpha value is -1.70. The molecule has 0 spiro atoms. The van der Waals surface area contributed by atoms with Gasteiger partial charge in [-0.05, 0) is 25.3 Å². The zero-order valence-electron chi connectivity index (χ0n) is 7.45. The maximum atomic E-state index is 5.54. The number of furan rings is 1. The highest BCUT2D eigenvalue weighted by Gasteiger charge is 2.06. The highest BCUT2D eigenvalue weighted by molar-refractivity contribution is 5.88. The molecule has 1 heterocycles. The van der Waals surface area contributed by atoms with Gasteiger partial charge in [0.1, 0.15) is 11.3 Å². The van der Waals surface area contributed by atoms with Crippen LogP contribution >= 0.6 is 0 Å². The Morgan fingerprint density at radius 3 is 2.85 bits per heavy atom. The van der Waals surface area contributed by atoms with Gasteiger partial charge in [0, 0.05) is 10.9 Å². The minimum atomic E-state index is 0.905. The molecule has 0 fully saturated rings. The monoisotopic (exact) mass is 173 g/mol. The van der Waals surface area contributed by atoms with Crippen LogP contribution in [0.3, 0.4) is 0 Å². The average molecular weight is 173 g/mol. The molecule has 2 aromatic rings. The molecule has 0 aliphatic rings. The Labute approximate surface area is 76.7 Å². The quantitative estimate of drug-likeness (QED) is 0.720. The summed E-state index contributed by atoms with van der Waals surface area (Å²) in [6.07, 6.45) is 3.39. The van der Waals surface area contributed by atoms with Crippen molar-refractivity contribution in [3.05, 3.63) is 41.8 Å². The molecule has 0 radical (unpaired) electrons. The largest absolute Gasteiger partial charge is 0.461 e. The number of aryl methyl sites for hydroxylation is 1. The van der Waals surface area contributed by atoms with E-state index >= 15 is 0 Å². The van der Waals surface area contributed by atoms with Crippen LogP contribution in [-0.2, 0) is 0 Å². The highest BCUT2D eigenvalue weighted by atomic mass is 16.3. The fraction of sp³-hybridized carbons (Fsp3) is 0.0909. The van der Waals surface area contributed by atoms with Crippen molar-refractivity contribution in [3.8, 4) is 0 Å². The van der Waals surface area contributed by atoms with Crippen LogP contribution in [0.1, 0.15) is 11.3 Å². The van der Waals surface area contributed by atoms with Gasteiger partial charge in [-0.25, -0.2) is 0 Å². The molecule has 0 aliphatic carbocycles. The summed E-state index contributed by atoms with van der Waals surface area (Å²) < 4.78 is 5.54. The van der Waals surface area contributed by atoms with Gasteiger partial charge in [0.05, 0.1) is 0 Å². The molecular formula is C11H11NO. The van der Waals surface area contributed by atoms with E-state index in [1.807, 2.05) is 37.3 Å². The first-order valence-electron chi connectivity index (χ1n) is 4.19. The maximum Gasteiger partial charge on any atom is 0.134 e. The average Bonchev–Trinajstić information content (AvgIpc) is 2.44. The summed E-state index contributed by atoms with van der Waals surface area (Å²) in [6, 6.07) is 7.93. The van der Waals surface area contributed by atoms with Gasteiger partial charge in [0.25, 0.3) is 0 Å².